The molecule has 0 heterocycles. The Hall–Kier alpha value is 0.571. The second kappa shape index (κ2) is 8.12. The van der Waals surface area contributed by atoms with E-state index < -0.39 is 25.2 Å². The maximum Gasteiger partial charge on any atom is 0.317 e. The molecule has 0 aliphatic rings. The number of hydrogen-bond acceptors (Lipinski definition) is 2. The van der Waals surface area contributed by atoms with Crippen molar-refractivity contribution >= 4 is 25.2 Å². The van der Waals surface area contributed by atoms with Gasteiger partial charge in [-0.15, -0.1) is 0 Å². The fourth-order valence-electron chi connectivity index (χ4n) is 2.25. The molecule has 0 rings (SSSR count). The molecule has 116 valence electrons. The van der Waals surface area contributed by atoms with Crippen molar-refractivity contribution in [1.82, 2.24) is 0 Å². The van der Waals surface area contributed by atoms with Crippen molar-refractivity contribution in [3.63, 3.8) is 0 Å². The van der Waals surface area contributed by atoms with Gasteiger partial charge in [-0.1, -0.05) is 41.5 Å². The first kappa shape index (κ1) is 19.6. The molecule has 5 heteroatoms. The van der Waals surface area contributed by atoms with E-state index in [1.807, 2.05) is 0 Å². The van der Waals surface area contributed by atoms with Crippen molar-refractivity contribution in [1.29, 1.82) is 0 Å². The van der Waals surface area contributed by atoms with Crippen molar-refractivity contribution in [2.45, 2.75) is 90.9 Å². The Bertz CT molecular complexity index is 225. The van der Waals surface area contributed by atoms with E-state index in [-0.39, 0.29) is 0 Å². The first-order valence-electron chi connectivity index (χ1n) is 8.18. The Balaban J connectivity index is 5.15. The smallest absolute Gasteiger partial charge is 0.317 e. The van der Waals surface area contributed by atoms with Gasteiger partial charge < -0.3 is 8.23 Å². The third-order valence-corrected chi connectivity index (χ3v) is 20.0. The summed E-state index contributed by atoms with van der Waals surface area (Å²) in [5, 5.41) is 0. The lowest BCUT2D eigenvalue weighted by Crippen LogP contribution is -2.56. The normalized spacial score (nSPS) is 13.9. The molecule has 0 aliphatic heterocycles. The van der Waals surface area contributed by atoms with E-state index in [2.05, 4.69) is 54.6 Å². The zero-order valence-electron chi connectivity index (χ0n) is 14.6. The highest BCUT2D eigenvalue weighted by Gasteiger charge is 2.45. The van der Waals surface area contributed by atoms with Crippen molar-refractivity contribution in [2.24, 2.45) is 0 Å². The average Bonchev–Trinajstić information content (AvgIpc) is 2.46. The molecular weight excluding hydrogens is 284 g/mol. The lowest BCUT2D eigenvalue weighted by atomic mass is 10.9. The lowest BCUT2D eigenvalue weighted by molar-refractivity contribution is 0.366. The van der Waals surface area contributed by atoms with Gasteiger partial charge in [0, 0.05) is 0 Å². The summed E-state index contributed by atoms with van der Waals surface area (Å²) in [6.07, 6.45) is 0. The van der Waals surface area contributed by atoms with Crippen LogP contribution >= 0.6 is 0 Å². The van der Waals surface area contributed by atoms with Crippen molar-refractivity contribution in [3.05, 3.63) is 0 Å². The van der Waals surface area contributed by atoms with Crippen LogP contribution in [-0.4, -0.2) is 25.2 Å². The van der Waals surface area contributed by atoms with Gasteiger partial charge >= 0.3 is 8.56 Å². The van der Waals surface area contributed by atoms with Gasteiger partial charge in [0.1, 0.15) is 0 Å². The second-order valence-electron chi connectivity index (χ2n) is 6.14. The molecule has 0 N–H and O–H groups in total. The molecule has 0 fully saturated rings. The fourth-order valence-corrected chi connectivity index (χ4v) is 16.1. The fraction of sp³-hybridized carbons (Fsp3) is 1.00. The molecule has 0 atom stereocenters. The predicted octanol–water partition coefficient (Wildman–Crippen LogP) is 5.73. The molecule has 0 aromatic carbocycles. The molecule has 0 saturated carbocycles. The lowest BCUT2D eigenvalue weighted by Gasteiger charge is -2.43. The molecule has 2 nitrogen and oxygen atoms in total. The van der Waals surface area contributed by atoms with Crippen LogP contribution in [-0.2, 0) is 8.23 Å². The highest BCUT2D eigenvalue weighted by Crippen LogP contribution is 2.32. The van der Waals surface area contributed by atoms with Crippen molar-refractivity contribution in [2.75, 3.05) is 0 Å². The predicted molar refractivity (Wildman–Crippen MR) is 94.0 cm³/mol. The van der Waals surface area contributed by atoms with Gasteiger partial charge in [0.05, 0.1) is 0 Å². The quantitative estimate of drug-likeness (QED) is 0.478. The van der Waals surface area contributed by atoms with Crippen LogP contribution < -0.4 is 0 Å². The van der Waals surface area contributed by atoms with E-state index in [0.717, 1.165) is 12.1 Å². The van der Waals surface area contributed by atoms with Crippen LogP contribution in [0.4, 0.5) is 0 Å². The van der Waals surface area contributed by atoms with E-state index in [0.29, 0.717) is 0 Å². The van der Waals surface area contributed by atoms with Gasteiger partial charge in [-0.2, -0.15) is 0 Å². The molecule has 0 aromatic heterocycles. The summed E-state index contributed by atoms with van der Waals surface area (Å²) < 4.78 is 13.6. The molecule has 19 heavy (non-hydrogen) atoms. The summed E-state index contributed by atoms with van der Waals surface area (Å²) in [5.74, 6) is 0. The summed E-state index contributed by atoms with van der Waals surface area (Å²) in [6, 6.07) is 7.04. The van der Waals surface area contributed by atoms with Crippen LogP contribution in [0.25, 0.3) is 0 Å². The molecule has 0 bridgehead atoms. The minimum absolute atomic E-state index is 1.11. The Kier molecular flexibility index (Phi) is 8.36. The molecule has 0 unspecified atom stereocenters. The summed E-state index contributed by atoms with van der Waals surface area (Å²) in [7, 11) is -5.06. The van der Waals surface area contributed by atoms with Crippen LogP contribution in [0.15, 0.2) is 0 Å². The molecule has 0 aliphatic carbocycles. The van der Waals surface area contributed by atoms with Gasteiger partial charge in [-0.05, 0) is 49.4 Å². The average molecular weight is 321 g/mol. The van der Waals surface area contributed by atoms with E-state index in [9.17, 15) is 0 Å². The topological polar surface area (TPSA) is 18.5 Å². The minimum Gasteiger partial charge on any atom is -0.436 e. The molecule has 0 saturated heterocycles. The van der Waals surface area contributed by atoms with Gasteiger partial charge in [0.15, 0.2) is 16.6 Å². The molecule has 0 radical (unpaired) electrons. The van der Waals surface area contributed by atoms with Gasteiger partial charge in [-0.3, -0.25) is 0 Å². The van der Waals surface area contributed by atoms with Crippen molar-refractivity contribution < 1.29 is 8.23 Å². The van der Waals surface area contributed by atoms with Crippen LogP contribution in [0, 0.1) is 0 Å². The first-order chi connectivity index (χ1) is 8.78. The largest absolute Gasteiger partial charge is 0.436 e. The highest BCUT2D eigenvalue weighted by atomic mass is 28.5. The van der Waals surface area contributed by atoms with Crippen LogP contribution in [0.5, 0.6) is 0 Å². The van der Waals surface area contributed by atoms with E-state index in [1.54, 1.807) is 0 Å². The van der Waals surface area contributed by atoms with Crippen LogP contribution in [0.2, 0.25) is 49.4 Å². The summed E-state index contributed by atoms with van der Waals surface area (Å²) in [5.41, 5.74) is 0. The highest BCUT2D eigenvalue weighted by molar-refractivity contribution is 6.89. The Morgan fingerprint density at radius 2 is 0.789 bits per heavy atom. The SMILES string of the molecule is CC[Si](C)(CC)O[Si](CC)(CC)O[Si](C)(CC)CC. The van der Waals surface area contributed by atoms with E-state index in [4.69, 9.17) is 8.23 Å². The Morgan fingerprint density at radius 3 is 0.947 bits per heavy atom. The third-order valence-electron chi connectivity index (χ3n) is 4.93. The molecule has 0 aromatic rings. The van der Waals surface area contributed by atoms with E-state index >= 15 is 0 Å². The standard InChI is InChI=1S/C14H36O2Si3/c1-9-17(7,10-2)15-19(13-5,14-6)16-18(8,11-3)12-4/h9-14H2,1-8H3. The summed E-state index contributed by atoms with van der Waals surface area (Å²) in [4.78, 5) is 0. The Morgan fingerprint density at radius 1 is 0.526 bits per heavy atom. The molecule has 0 spiro atoms. The zero-order chi connectivity index (χ0) is 15.2. The molecule has 0 amide bonds. The number of hydrogen-bond donors (Lipinski definition) is 0. The monoisotopic (exact) mass is 320 g/mol. The van der Waals surface area contributed by atoms with Crippen LogP contribution in [0.3, 0.4) is 0 Å². The minimum atomic E-state index is -1.97. The zero-order valence-corrected chi connectivity index (χ0v) is 17.6. The molecular formula is C14H36O2Si3. The second-order valence-corrected chi connectivity index (χ2v) is 19.6. The maximum atomic E-state index is 6.81. The number of rotatable bonds is 10. The van der Waals surface area contributed by atoms with Gasteiger partial charge in [0.2, 0.25) is 0 Å². The van der Waals surface area contributed by atoms with Gasteiger partial charge in [-0.25, -0.2) is 0 Å². The van der Waals surface area contributed by atoms with Gasteiger partial charge in [0.25, 0.3) is 0 Å². The van der Waals surface area contributed by atoms with Crippen LogP contribution in [0.1, 0.15) is 41.5 Å². The first-order valence-corrected chi connectivity index (χ1v) is 16.1. The maximum absolute atomic E-state index is 6.81. The van der Waals surface area contributed by atoms with E-state index in [1.165, 1.54) is 24.2 Å². The van der Waals surface area contributed by atoms with Crippen molar-refractivity contribution in [3.8, 4) is 0 Å². The summed E-state index contributed by atoms with van der Waals surface area (Å²) >= 11 is 0. The Labute approximate surface area is 124 Å². The third kappa shape index (κ3) is 5.46. The summed E-state index contributed by atoms with van der Waals surface area (Å²) in [6.45, 7) is 18.5.